The number of carbonyl (C=O) groups excluding carboxylic acids is 3. The zero-order chi connectivity index (χ0) is 18.1. The SMILES string of the molecule is CC[C@H](C)C[C@H](C)C(=O)CC(=O)N[C@H](C=O)Cc1ccc(O)cc1. The smallest absolute Gasteiger partial charge is 0.228 e. The molecule has 0 unspecified atom stereocenters. The number of benzene rings is 1. The molecular formula is C19H27NO4. The summed E-state index contributed by atoms with van der Waals surface area (Å²) >= 11 is 0. The molecule has 0 spiro atoms. The summed E-state index contributed by atoms with van der Waals surface area (Å²) in [7, 11) is 0. The lowest BCUT2D eigenvalue weighted by Gasteiger charge is -2.16. The molecule has 0 saturated heterocycles. The molecule has 132 valence electrons. The molecule has 0 aromatic heterocycles. The maximum absolute atomic E-state index is 12.1. The van der Waals surface area contributed by atoms with E-state index in [1.54, 1.807) is 12.1 Å². The first-order valence-corrected chi connectivity index (χ1v) is 8.41. The van der Waals surface area contributed by atoms with Crippen LogP contribution in [-0.4, -0.2) is 29.1 Å². The standard InChI is InChI=1S/C19H27NO4/c1-4-13(2)9-14(3)18(23)11-19(24)20-16(12-21)10-15-5-7-17(22)8-6-15/h5-8,12-14,16,22H,4,9-11H2,1-3H3,(H,20,24)/t13-,14-,16-/m0/s1. The lowest BCUT2D eigenvalue weighted by atomic mass is 9.91. The Kier molecular flexibility index (Phi) is 8.16. The molecule has 1 aromatic rings. The highest BCUT2D eigenvalue weighted by molar-refractivity contribution is 5.99. The molecule has 1 aromatic carbocycles. The van der Waals surface area contributed by atoms with Crippen LogP contribution in [-0.2, 0) is 20.8 Å². The highest BCUT2D eigenvalue weighted by Crippen LogP contribution is 2.16. The van der Waals surface area contributed by atoms with E-state index in [0.717, 1.165) is 18.4 Å². The van der Waals surface area contributed by atoms with Crippen LogP contribution in [0.3, 0.4) is 0 Å². The van der Waals surface area contributed by atoms with Crippen molar-refractivity contribution in [1.29, 1.82) is 0 Å². The normalized spacial score (nSPS) is 14.5. The number of phenols is 1. The quantitative estimate of drug-likeness (QED) is 0.509. The summed E-state index contributed by atoms with van der Waals surface area (Å²) in [6.07, 6.45) is 2.57. The zero-order valence-corrected chi connectivity index (χ0v) is 14.6. The van der Waals surface area contributed by atoms with Gasteiger partial charge in [-0.05, 0) is 36.5 Å². The van der Waals surface area contributed by atoms with E-state index in [0.29, 0.717) is 18.6 Å². The van der Waals surface area contributed by atoms with E-state index in [1.807, 2.05) is 6.92 Å². The van der Waals surface area contributed by atoms with E-state index in [1.165, 1.54) is 12.1 Å². The van der Waals surface area contributed by atoms with E-state index in [9.17, 15) is 19.5 Å². The van der Waals surface area contributed by atoms with Gasteiger partial charge in [0.2, 0.25) is 5.91 Å². The monoisotopic (exact) mass is 333 g/mol. The van der Waals surface area contributed by atoms with Crippen molar-refractivity contribution in [3.63, 3.8) is 0 Å². The van der Waals surface area contributed by atoms with E-state index < -0.39 is 11.9 Å². The Morgan fingerprint density at radius 1 is 1.21 bits per heavy atom. The van der Waals surface area contributed by atoms with Crippen LogP contribution in [0, 0.1) is 11.8 Å². The van der Waals surface area contributed by atoms with E-state index in [2.05, 4.69) is 19.2 Å². The van der Waals surface area contributed by atoms with Crippen LogP contribution < -0.4 is 5.32 Å². The maximum atomic E-state index is 12.1. The molecule has 0 bridgehead atoms. The number of hydrogen-bond donors (Lipinski definition) is 2. The molecule has 24 heavy (non-hydrogen) atoms. The number of phenolic OH excluding ortho intramolecular Hbond substituents is 1. The summed E-state index contributed by atoms with van der Waals surface area (Å²) in [4.78, 5) is 35.3. The maximum Gasteiger partial charge on any atom is 0.228 e. The Labute approximate surface area is 143 Å². The number of Topliss-reactive ketones (excluding diaryl/α,β-unsaturated/α-hetero) is 1. The average molecular weight is 333 g/mol. The van der Waals surface area contributed by atoms with Crippen molar-refractivity contribution < 1.29 is 19.5 Å². The van der Waals surface area contributed by atoms with Crippen molar-refractivity contribution in [3.05, 3.63) is 29.8 Å². The Bertz CT molecular complexity index is 553. The highest BCUT2D eigenvalue weighted by atomic mass is 16.3. The topological polar surface area (TPSA) is 83.5 Å². The largest absolute Gasteiger partial charge is 0.508 e. The molecular weight excluding hydrogens is 306 g/mol. The van der Waals surface area contributed by atoms with Crippen LogP contribution in [0.25, 0.3) is 0 Å². The molecule has 5 nitrogen and oxygen atoms in total. The second-order valence-corrected chi connectivity index (χ2v) is 6.47. The minimum absolute atomic E-state index is 0.0953. The minimum Gasteiger partial charge on any atom is -0.508 e. The van der Waals surface area contributed by atoms with Crippen LogP contribution in [0.15, 0.2) is 24.3 Å². The Morgan fingerprint density at radius 3 is 2.38 bits per heavy atom. The molecule has 1 amide bonds. The first-order valence-electron chi connectivity index (χ1n) is 8.41. The van der Waals surface area contributed by atoms with E-state index in [-0.39, 0.29) is 23.9 Å². The second-order valence-electron chi connectivity index (χ2n) is 6.47. The van der Waals surface area contributed by atoms with Gasteiger partial charge in [0.15, 0.2) is 0 Å². The fourth-order valence-electron chi connectivity index (χ4n) is 2.51. The summed E-state index contributed by atoms with van der Waals surface area (Å²) in [5, 5.41) is 11.8. The molecule has 3 atom stereocenters. The number of ketones is 1. The van der Waals surface area contributed by atoms with Gasteiger partial charge in [-0.3, -0.25) is 9.59 Å². The number of amides is 1. The average Bonchev–Trinajstić information content (AvgIpc) is 2.55. The first kappa shape index (κ1) is 19.9. The Hall–Kier alpha value is -2.17. The number of hydrogen-bond acceptors (Lipinski definition) is 4. The third kappa shape index (κ3) is 6.94. The van der Waals surface area contributed by atoms with Gasteiger partial charge in [-0.15, -0.1) is 0 Å². The Balaban J connectivity index is 2.50. The van der Waals surface area contributed by atoms with Gasteiger partial charge in [0.1, 0.15) is 17.8 Å². The van der Waals surface area contributed by atoms with Gasteiger partial charge in [-0.25, -0.2) is 0 Å². The molecule has 1 rings (SSSR count). The minimum atomic E-state index is -0.681. The summed E-state index contributed by atoms with van der Waals surface area (Å²) in [5.41, 5.74) is 0.821. The van der Waals surface area contributed by atoms with Crippen molar-refractivity contribution in [1.82, 2.24) is 5.32 Å². The van der Waals surface area contributed by atoms with Crippen LogP contribution in [0.1, 0.15) is 45.6 Å². The highest BCUT2D eigenvalue weighted by Gasteiger charge is 2.20. The van der Waals surface area contributed by atoms with Crippen LogP contribution >= 0.6 is 0 Å². The lowest BCUT2D eigenvalue weighted by molar-refractivity contribution is -0.131. The van der Waals surface area contributed by atoms with Crippen molar-refractivity contribution in [2.75, 3.05) is 0 Å². The third-order valence-corrected chi connectivity index (χ3v) is 4.24. The lowest BCUT2D eigenvalue weighted by Crippen LogP contribution is -2.39. The van der Waals surface area contributed by atoms with Gasteiger partial charge in [0, 0.05) is 5.92 Å². The molecule has 0 saturated carbocycles. The fourth-order valence-corrected chi connectivity index (χ4v) is 2.51. The molecule has 0 aliphatic rings. The van der Waals surface area contributed by atoms with Crippen molar-refractivity contribution >= 4 is 18.0 Å². The summed E-state index contributed by atoms with van der Waals surface area (Å²) in [5.74, 6) is -0.0815. The molecule has 0 radical (unpaired) electrons. The van der Waals surface area contributed by atoms with E-state index in [4.69, 9.17) is 0 Å². The molecule has 0 aliphatic heterocycles. The first-order chi connectivity index (χ1) is 11.3. The number of nitrogens with one attached hydrogen (secondary N) is 1. The molecule has 0 aliphatic carbocycles. The Morgan fingerprint density at radius 2 is 1.83 bits per heavy atom. The van der Waals surface area contributed by atoms with Crippen molar-refractivity contribution in [2.24, 2.45) is 11.8 Å². The van der Waals surface area contributed by atoms with Crippen molar-refractivity contribution in [3.8, 4) is 5.75 Å². The van der Waals surface area contributed by atoms with Gasteiger partial charge in [0.05, 0.1) is 12.5 Å². The van der Waals surface area contributed by atoms with Crippen LogP contribution in [0.2, 0.25) is 0 Å². The van der Waals surface area contributed by atoms with Crippen molar-refractivity contribution in [2.45, 2.75) is 52.5 Å². The van der Waals surface area contributed by atoms with Crippen LogP contribution in [0.5, 0.6) is 5.75 Å². The number of carbonyl (C=O) groups is 3. The number of rotatable bonds is 10. The molecule has 2 N–H and O–H groups in total. The van der Waals surface area contributed by atoms with E-state index >= 15 is 0 Å². The van der Waals surface area contributed by atoms with Gasteiger partial charge in [0.25, 0.3) is 0 Å². The van der Waals surface area contributed by atoms with Gasteiger partial charge in [-0.2, -0.15) is 0 Å². The molecule has 0 fully saturated rings. The fraction of sp³-hybridized carbons (Fsp3) is 0.526. The van der Waals surface area contributed by atoms with Crippen LogP contribution in [0.4, 0.5) is 0 Å². The number of aromatic hydroxyl groups is 1. The molecule has 5 heteroatoms. The number of aldehydes is 1. The summed E-state index contributed by atoms with van der Waals surface area (Å²) in [6.45, 7) is 6.01. The second kappa shape index (κ2) is 9.85. The summed E-state index contributed by atoms with van der Waals surface area (Å²) < 4.78 is 0. The predicted molar refractivity (Wildman–Crippen MR) is 92.7 cm³/mol. The zero-order valence-electron chi connectivity index (χ0n) is 14.6. The summed E-state index contributed by atoms with van der Waals surface area (Å²) in [6, 6.07) is 5.76. The predicted octanol–water partition coefficient (Wildman–Crippen LogP) is 2.65. The van der Waals surface area contributed by atoms with Gasteiger partial charge < -0.3 is 15.2 Å². The van der Waals surface area contributed by atoms with Gasteiger partial charge >= 0.3 is 0 Å². The third-order valence-electron chi connectivity index (χ3n) is 4.24. The van der Waals surface area contributed by atoms with Gasteiger partial charge in [-0.1, -0.05) is 39.3 Å². The molecule has 0 heterocycles.